The van der Waals surface area contributed by atoms with Crippen molar-refractivity contribution in [3.05, 3.63) is 46.6 Å². The highest BCUT2D eigenvalue weighted by Crippen LogP contribution is 2.30. The number of rotatable bonds is 5. The van der Waals surface area contributed by atoms with E-state index in [-0.39, 0.29) is 6.10 Å². The van der Waals surface area contributed by atoms with E-state index in [2.05, 4.69) is 43.1 Å². The Balaban J connectivity index is 2.32. The number of hydrogen-bond donors (Lipinski definition) is 1. The molecular formula is C19H25NO2. The highest BCUT2D eigenvalue weighted by atomic mass is 16.5. The molecule has 22 heavy (non-hydrogen) atoms. The normalized spacial score (nSPS) is 12.3. The van der Waals surface area contributed by atoms with E-state index >= 15 is 0 Å². The van der Waals surface area contributed by atoms with E-state index in [4.69, 9.17) is 4.74 Å². The van der Waals surface area contributed by atoms with E-state index in [1.807, 2.05) is 13.8 Å². The Bertz CT molecular complexity index is 663. The first-order chi connectivity index (χ1) is 10.4. The van der Waals surface area contributed by atoms with Crippen LogP contribution >= 0.6 is 0 Å². The molecule has 0 radical (unpaired) electrons. The molecule has 1 aromatic carbocycles. The Labute approximate surface area is 133 Å². The molecule has 0 saturated carbocycles. The number of aliphatic hydroxyl groups is 1. The van der Waals surface area contributed by atoms with Gasteiger partial charge in [0.25, 0.3) is 0 Å². The van der Waals surface area contributed by atoms with Gasteiger partial charge in [0, 0.05) is 23.2 Å². The van der Waals surface area contributed by atoms with Crippen molar-refractivity contribution < 1.29 is 9.84 Å². The largest absolute Gasteiger partial charge is 0.477 e. The summed E-state index contributed by atoms with van der Waals surface area (Å²) in [6.07, 6.45) is 0.259. The Morgan fingerprint density at radius 1 is 1.09 bits per heavy atom. The van der Waals surface area contributed by atoms with Gasteiger partial charge in [-0.15, -0.1) is 0 Å². The van der Waals surface area contributed by atoms with Gasteiger partial charge in [0.15, 0.2) is 0 Å². The summed E-state index contributed by atoms with van der Waals surface area (Å²) in [5.41, 5.74) is 6.94. The second kappa shape index (κ2) is 6.93. The van der Waals surface area contributed by atoms with Gasteiger partial charge < -0.3 is 9.84 Å². The highest BCUT2D eigenvalue weighted by Gasteiger charge is 2.12. The lowest BCUT2D eigenvalue weighted by Crippen LogP contribution is -2.09. The van der Waals surface area contributed by atoms with Crippen LogP contribution in [0.15, 0.2) is 24.3 Å². The standard InChI is InChI=1S/C19H25NO2/c1-12-7-6-8-17(15(12)4)18-11-13(2)19(20-16(18)5)22-10-9-14(3)21/h6-8,11,14,21H,9-10H2,1-5H3/t14-/m0/s1. The van der Waals surface area contributed by atoms with Crippen molar-refractivity contribution in [1.82, 2.24) is 4.98 Å². The first-order valence-corrected chi connectivity index (χ1v) is 7.76. The Kier molecular flexibility index (Phi) is 5.19. The maximum Gasteiger partial charge on any atom is 0.216 e. The molecule has 2 aromatic rings. The fourth-order valence-corrected chi connectivity index (χ4v) is 2.47. The number of benzene rings is 1. The third-order valence-electron chi connectivity index (χ3n) is 4.03. The first kappa shape index (κ1) is 16.5. The minimum absolute atomic E-state index is 0.351. The topological polar surface area (TPSA) is 42.4 Å². The van der Waals surface area contributed by atoms with E-state index in [0.29, 0.717) is 18.9 Å². The molecule has 1 atom stereocenters. The molecule has 0 spiro atoms. The van der Waals surface area contributed by atoms with E-state index in [1.54, 1.807) is 6.92 Å². The van der Waals surface area contributed by atoms with Gasteiger partial charge in [-0.25, -0.2) is 4.98 Å². The molecule has 0 saturated heterocycles. The molecule has 3 nitrogen and oxygen atoms in total. The molecule has 3 heteroatoms. The highest BCUT2D eigenvalue weighted by molar-refractivity contribution is 5.71. The molecule has 1 N–H and O–H groups in total. The molecule has 1 heterocycles. The van der Waals surface area contributed by atoms with Gasteiger partial charge in [-0.2, -0.15) is 0 Å². The Hall–Kier alpha value is -1.87. The minimum atomic E-state index is -0.351. The van der Waals surface area contributed by atoms with E-state index in [0.717, 1.165) is 16.8 Å². The number of hydrogen-bond acceptors (Lipinski definition) is 3. The smallest absolute Gasteiger partial charge is 0.216 e. The van der Waals surface area contributed by atoms with E-state index in [9.17, 15) is 5.11 Å². The van der Waals surface area contributed by atoms with Crippen LogP contribution in [0.2, 0.25) is 0 Å². The van der Waals surface area contributed by atoms with Crippen LogP contribution in [0.25, 0.3) is 11.1 Å². The molecule has 2 rings (SSSR count). The molecule has 0 amide bonds. The summed E-state index contributed by atoms with van der Waals surface area (Å²) >= 11 is 0. The van der Waals surface area contributed by atoms with Crippen molar-refractivity contribution in [3.63, 3.8) is 0 Å². The van der Waals surface area contributed by atoms with Gasteiger partial charge >= 0.3 is 0 Å². The van der Waals surface area contributed by atoms with Crippen molar-refractivity contribution in [2.45, 2.75) is 47.1 Å². The van der Waals surface area contributed by atoms with Crippen LogP contribution in [0.4, 0.5) is 0 Å². The molecule has 0 fully saturated rings. The van der Waals surface area contributed by atoms with E-state index in [1.165, 1.54) is 16.7 Å². The number of nitrogens with zero attached hydrogens (tertiary/aromatic N) is 1. The predicted octanol–water partition coefficient (Wildman–Crippen LogP) is 4.13. The molecule has 0 aliphatic carbocycles. The minimum Gasteiger partial charge on any atom is -0.477 e. The second-order valence-corrected chi connectivity index (χ2v) is 5.98. The lowest BCUT2D eigenvalue weighted by molar-refractivity contribution is 0.153. The third-order valence-corrected chi connectivity index (χ3v) is 4.03. The summed E-state index contributed by atoms with van der Waals surface area (Å²) < 4.78 is 5.70. The second-order valence-electron chi connectivity index (χ2n) is 5.98. The number of aryl methyl sites for hydroxylation is 3. The van der Waals surface area contributed by atoms with Gasteiger partial charge in [0.05, 0.1) is 12.7 Å². The third kappa shape index (κ3) is 3.66. The molecular weight excluding hydrogens is 274 g/mol. The zero-order valence-electron chi connectivity index (χ0n) is 14.1. The average molecular weight is 299 g/mol. The van der Waals surface area contributed by atoms with Crippen molar-refractivity contribution in [2.24, 2.45) is 0 Å². The molecule has 1 aromatic heterocycles. The summed E-state index contributed by atoms with van der Waals surface area (Å²) in [5.74, 6) is 0.659. The van der Waals surface area contributed by atoms with Crippen molar-refractivity contribution in [1.29, 1.82) is 0 Å². The predicted molar refractivity (Wildman–Crippen MR) is 90.4 cm³/mol. The fraction of sp³-hybridized carbons (Fsp3) is 0.421. The monoisotopic (exact) mass is 299 g/mol. The van der Waals surface area contributed by atoms with Crippen molar-refractivity contribution in [2.75, 3.05) is 6.61 Å². The number of aliphatic hydroxyl groups excluding tert-OH is 1. The molecule has 0 bridgehead atoms. The van der Waals surface area contributed by atoms with Crippen LogP contribution in [0.5, 0.6) is 5.88 Å². The summed E-state index contributed by atoms with van der Waals surface area (Å²) in [6.45, 7) is 10.5. The summed E-state index contributed by atoms with van der Waals surface area (Å²) in [5, 5.41) is 9.30. The molecule has 0 unspecified atom stereocenters. The summed E-state index contributed by atoms with van der Waals surface area (Å²) in [4.78, 5) is 4.61. The van der Waals surface area contributed by atoms with Crippen LogP contribution in [-0.2, 0) is 0 Å². The fourth-order valence-electron chi connectivity index (χ4n) is 2.47. The molecule has 0 aliphatic heterocycles. The maximum atomic E-state index is 9.30. The molecule has 118 valence electrons. The van der Waals surface area contributed by atoms with E-state index < -0.39 is 0 Å². The maximum absolute atomic E-state index is 9.30. The van der Waals surface area contributed by atoms with Crippen LogP contribution in [0, 0.1) is 27.7 Å². The van der Waals surface area contributed by atoms with Crippen LogP contribution in [0.1, 0.15) is 35.7 Å². The summed E-state index contributed by atoms with van der Waals surface area (Å²) in [6, 6.07) is 8.49. The zero-order valence-corrected chi connectivity index (χ0v) is 14.1. The van der Waals surface area contributed by atoms with Crippen LogP contribution < -0.4 is 4.74 Å². The van der Waals surface area contributed by atoms with Gasteiger partial charge in [-0.05, 0) is 57.4 Å². The summed E-state index contributed by atoms with van der Waals surface area (Å²) in [7, 11) is 0. The number of aromatic nitrogens is 1. The van der Waals surface area contributed by atoms with Crippen molar-refractivity contribution in [3.8, 4) is 17.0 Å². The van der Waals surface area contributed by atoms with Gasteiger partial charge in [-0.1, -0.05) is 18.2 Å². The quantitative estimate of drug-likeness (QED) is 0.902. The Morgan fingerprint density at radius 3 is 2.50 bits per heavy atom. The SMILES string of the molecule is Cc1cc(-c2cccc(C)c2C)c(C)nc1OCC[C@H](C)O. The Morgan fingerprint density at radius 2 is 1.82 bits per heavy atom. The van der Waals surface area contributed by atoms with Crippen LogP contribution in [0.3, 0.4) is 0 Å². The number of pyridine rings is 1. The zero-order chi connectivity index (χ0) is 16.3. The van der Waals surface area contributed by atoms with Crippen LogP contribution in [-0.4, -0.2) is 22.8 Å². The average Bonchev–Trinajstić information content (AvgIpc) is 2.45. The molecule has 0 aliphatic rings. The lowest BCUT2D eigenvalue weighted by atomic mass is 9.95. The van der Waals surface area contributed by atoms with Gasteiger partial charge in [0.1, 0.15) is 0 Å². The van der Waals surface area contributed by atoms with Crippen molar-refractivity contribution >= 4 is 0 Å². The first-order valence-electron chi connectivity index (χ1n) is 7.76. The lowest BCUT2D eigenvalue weighted by Gasteiger charge is -2.15. The van der Waals surface area contributed by atoms with Gasteiger partial charge in [0.2, 0.25) is 5.88 Å². The number of ether oxygens (including phenoxy) is 1. The van der Waals surface area contributed by atoms with Gasteiger partial charge in [-0.3, -0.25) is 0 Å².